The van der Waals surface area contributed by atoms with E-state index in [0.29, 0.717) is 13.1 Å². The van der Waals surface area contributed by atoms with Gasteiger partial charge in [-0.2, -0.15) is 0 Å². The van der Waals surface area contributed by atoms with Gasteiger partial charge >= 0.3 is 0 Å². The molecular formula is C12H16N2O. The monoisotopic (exact) mass is 204 g/mol. The fourth-order valence-electron chi connectivity index (χ4n) is 1.66. The minimum atomic E-state index is 0.0871. The maximum atomic E-state index is 5.59. The molecule has 1 unspecified atom stereocenters. The zero-order chi connectivity index (χ0) is 10.7. The van der Waals surface area contributed by atoms with Gasteiger partial charge < -0.3 is 10.5 Å². The van der Waals surface area contributed by atoms with Crippen molar-refractivity contribution in [2.24, 2.45) is 10.7 Å². The van der Waals surface area contributed by atoms with Crippen LogP contribution in [0.4, 0.5) is 0 Å². The smallest absolute Gasteiger partial charge is 0.188 e. The number of ether oxygens (including phenoxy) is 1. The topological polar surface area (TPSA) is 47.6 Å². The Morgan fingerprint density at radius 3 is 2.93 bits per heavy atom. The summed E-state index contributed by atoms with van der Waals surface area (Å²) in [6, 6.07) is 8.29. The third-order valence-electron chi connectivity index (χ3n) is 2.64. The molecule has 2 N–H and O–H groups in total. The Kier molecular flexibility index (Phi) is 3.02. The van der Waals surface area contributed by atoms with Gasteiger partial charge in [-0.1, -0.05) is 24.3 Å². The molecule has 0 amide bonds. The Balaban J connectivity index is 2.02. The molecule has 0 saturated carbocycles. The van der Waals surface area contributed by atoms with Crippen molar-refractivity contribution in [3.63, 3.8) is 0 Å². The second-order valence-corrected chi connectivity index (χ2v) is 3.81. The maximum absolute atomic E-state index is 5.59. The van der Waals surface area contributed by atoms with Crippen LogP contribution < -0.4 is 5.73 Å². The van der Waals surface area contributed by atoms with Crippen molar-refractivity contribution < 1.29 is 4.74 Å². The van der Waals surface area contributed by atoms with E-state index in [9.17, 15) is 0 Å². The van der Waals surface area contributed by atoms with Crippen molar-refractivity contribution in [2.45, 2.75) is 19.4 Å². The highest BCUT2D eigenvalue weighted by molar-refractivity contribution is 5.80. The first-order valence-electron chi connectivity index (χ1n) is 5.24. The van der Waals surface area contributed by atoms with Crippen LogP contribution in [0.15, 0.2) is 29.3 Å². The van der Waals surface area contributed by atoms with Crippen molar-refractivity contribution in [3.05, 3.63) is 35.4 Å². The summed E-state index contributed by atoms with van der Waals surface area (Å²) in [5.74, 6) is 0.819. The van der Waals surface area contributed by atoms with Crippen molar-refractivity contribution in [3.8, 4) is 0 Å². The minimum Gasteiger partial charge on any atom is -0.474 e. The number of aryl methyl sites for hydroxylation is 1. The first-order chi connectivity index (χ1) is 7.29. The van der Waals surface area contributed by atoms with Gasteiger partial charge in [-0.05, 0) is 18.1 Å². The Bertz CT molecular complexity index is 374. The molecule has 3 heteroatoms. The van der Waals surface area contributed by atoms with E-state index in [4.69, 9.17) is 10.5 Å². The Hall–Kier alpha value is -1.35. The lowest BCUT2D eigenvalue weighted by atomic mass is 10.1. The summed E-state index contributed by atoms with van der Waals surface area (Å²) >= 11 is 0. The van der Waals surface area contributed by atoms with Gasteiger partial charge in [0.25, 0.3) is 0 Å². The van der Waals surface area contributed by atoms with E-state index in [1.807, 2.05) is 12.1 Å². The van der Waals surface area contributed by atoms with Crippen molar-refractivity contribution in [2.75, 3.05) is 13.1 Å². The quantitative estimate of drug-likeness (QED) is 0.806. The predicted molar refractivity (Wildman–Crippen MR) is 61.1 cm³/mol. The first-order valence-corrected chi connectivity index (χ1v) is 5.24. The van der Waals surface area contributed by atoms with Gasteiger partial charge in [-0.25, -0.2) is 0 Å². The highest BCUT2D eigenvalue weighted by Gasteiger charge is 2.18. The van der Waals surface area contributed by atoms with Gasteiger partial charge in [-0.15, -0.1) is 0 Å². The lowest BCUT2D eigenvalue weighted by Gasteiger charge is -2.09. The van der Waals surface area contributed by atoms with Gasteiger partial charge in [-0.3, -0.25) is 4.99 Å². The fourth-order valence-corrected chi connectivity index (χ4v) is 1.66. The molecule has 3 nitrogen and oxygen atoms in total. The molecule has 1 aromatic rings. The average Bonchev–Trinajstić information content (AvgIpc) is 2.69. The third kappa shape index (κ3) is 2.36. The molecule has 1 aliphatic heterocycles. The molecule has 0 bridgehead atoms. The zero-order valence-electron chi connectivity index (χ0n) is 8.94. The van der Waals surface area contributed by atoms with Gasteiger partial charge in [0.2, 0.25) is 0 Å². The second-order valence-electron chi connectivity index (χ2n) is 3.81. The Labute approximate surface area is 90.0 Å². The number of hydrogen-bond donors (Lipinski definition) is 1. The maximum Gasteiger partial charge on any atom is 0.188 e. The average molecular weight is 204 g/mol. The molecule has 0 radical (unpaired) electrons. The van der Waals surface area contributed by atoms with E-state index in [1.54, 1.807) is 0 Å². The van der Waals surface area contributed by atoms with Crippen LogP contribution in [0.1, 0.15) is 11.1 Å². The summed E-state index contributed by atoms with van der Waals surface area (Å²) in [5.41, 5.74) is 8.07. The number of nitrogens with zero attached hydrogens (tertiary/aromatic N) is 1. The van der Waals surface area contributed by atoms with E-state index in [-0.39, 0.29) is 6.10 Å². The van der Waals surface area contributed by atoms with Gasteiger partial charge in [0.15, 0.2) is 5.90 Å². The molecular weight excluding hydrogens is 188 g/mol. The van der Waals surface area contributed by atoms with Crippen molar-refractivity contribution in [1.29, 1.82) is 0 Å². The fraction of sp³-hybridized carbons (Fsp3) is 0.417. The van der Waals surface area contributed by atoms with Gasteiger partial charge in [0, 0.05) is 13.0 Å². The number of hydrogen-bond acceptors (Lipinski definition) is 3. The molecule has 1 atom stereocenters. The molecule has 15 heavy (non-hydrogen) atoms. The molecule has 0 aromatic heterocycles. The zero-order valence-corrected chi connectivity index (χ0v) is 8.94. The molecule has 0 saturated heterocycles. The van der Waals surface area contributed by atoms with Crippen molar-refractivity contribution >= 4 is 5.90 Å². The van der Waals surface area contributed by atoms with Crippen LogP contribution in [0, 0.1) is 6.92 Å². The lowest BCUT2D eigenvalue weighted by Crippen LogP contribution is -2.24. The van der Waals surface area contributed by atoms with Crippen LogP contribution in [0.25, 0.3) is 0 Å². The summed E-state index contributed by atoms with van der Waals surface area (Å²) in [5, 5.41) is 0. The third-order valence-corrected chi connectivity index (χ3v) is 2.64. The van der Waals surface area contributed by atoms with Crippen LogP contribution >= 0.6 is 0 Å². The van der Waals surface area contributed by atoms with Crippen LogP contribution in [-0.2, 0) is 11.2 Å². The molecule has 1 aromatic carbocycles. The van der Waals surface area contributed by atoms with Crippen LogP contribution in [0.3, 0.4) is 0 Å². The number of benzene rings is 1. The highest BCUT2D eigenvalue weighted by atomic mass is 16.5. The number of rotatable bonds is 3. The van der Waals surface area contributed by atoms with E-state index >= 15 is 0 Å². The minimum absolute atomic E-state index is 0.0871. The lowest BCUT2D eigenvalue weighted by molar-refractivity contribution is 0.228. The standard InChI is InChI=1S/C12H16N2O/c1-9-4-2-3-5-10(9)6-12-14-8-11(7-13)15-12/h2-5,11H,6-8,13H2,1H3. The Morgan fingerprint density at radius 2 is 2.27 bits per heavy atom. The van der Waals surface area contributed by atoms with E-state index in [0.717, 1.165) is 12.3 Å². The van der Waals surface area contributed by atoms with Crippen LogP contribution in [0.5, 0.6) is 0 Å². The molecule has 2 rings (SSSR count). The van der Waals surface area contributed by atoms with E-state index < -0.39 is 0 Å². The Morgan fingerprint density at radius 1 is 1.47 bits per heavy atom. The van der Waals surface area contributed by atoms with Crippen LogP contribution in [-0.4, -0.2) is 25.1 Å². The summed E-state index contributed by atoms with van der Waals surface area (Å²) in [4.78, 5) is 4.34. The first kappa shape index (κ1) is 10.2. The number of nitrogens with two attached hydrogens (primary N) is 1. The highest BCUT2D eigenvalue weighted by Crippen LogP contribution is 2.12. The number of aliphatic imine (C=N–C) groups is 1. The molecule has 80 valence electrons. The van der Waals surface area contributed by atoms with Gasteiger partial charge in [0.1, 0.15) is 6.10 Å². The molecule has 0 spiro atoms. The summed E-state index contributed by atoms with van der Waals surface area (Å²) in [6.07, 6.45) is 0.868. The summed E-state index contributed by atoms with van der Waals surface area (Å²) in [6.45, 7) is 3.35. The molecule has 1 aliphatic rings. The molecule has 1 heterocycles. The SMILES string of the molecule is Cc1ccccc1CC1=NCC(CN)O1. The van der Waals surface area contributed by atoms with Gasteiger partial charge in [0.05, 0.1) is 6.54 Å². The normalized spacial score (nSPS) is 19.9. The van der Waals surface area contributed by atoms with E-state index in [1.165, 1.54) is 11.1 Å². The molecule has 0 aliphatic carbocycles. The van der Waals surface area contributed by atoms with Crippen LogP contribution in [0.2, 0.25) is 0 Å². The largest absolute Gasteiger partial charge is 0.474 e. The van der Waals surface area contributed by atoms with E-state index in [2.05, 4.69) is 24.0 Å². The predicted octanol–water partition coefficient (Wildman–Crippen LogP) is 1.29. The second kappa shape index (κ2) is 4.45. The molecule has 0 fully saturated rings. The summed E-state index contributed by atoms with van der Waals surface area (Å²) in [7, 11) is 0. The van der Waals surface area contributed by atoms with Crippen molar-refractivity contribution in [1.82, 2.24) is 0 Å². The summed E-state index contributed by atoms with van der Waals surface area (Å²) < 4.78 is 5.59.